The minimum Gasteiger partial charge on any atom is -0.492 e. The van der Waals surface area contributed by atoms with Crippen molar-refractivity contribution < 1.29 is 23.5 Å². The number of fused-ring (bicyclic) bond motifs is 3. The molecule has 3 aliphatic heterocycles. The van der Waals surface area contributed by atoms with Crippen molar-refractivity contribution in [1.82, 2.24) is 15.1 Å². The second-order valence-corrected chi connectivity index (χ2v) is 9.50. The molecule has 3 amide bonds. The lowest BCUT2D eigenvalue weighted by atomic mass is 9.86. The molecule has 0 aromatic heterocycles. The Morgan fingerprint density at radius 1 is 1.19 bits per heavy atom. The fourth-order valence-electron chi connectivity index (χ4n) is 5.62. The van der Waals surface area contributed by atoms with Gasteiger partial charge in [0, 0.05) is 32.1 Å². The summed E-state index contributed by atoms with van der Waals surface area (Å²) >= 11 is 6.09. The molecule has 5 rings (SSSR count). The Balaban J connectivity index is 1.18. The summed E-state index contributed by atoms with van der Waals surface area (Å²) in [5, 5.41) is 3.24. The molecule has 1 aliphatic carbocycles. The standard InChI is InChI=1S/C22H27ClFN3O4/c23-17-7-15(24)3-4-19(17)30-11-16-13-1-2-14(16)9-27(8-13)22(29)26-6-5-20-18(10-26)25-21(28)12-31-20/h3-4,7,13-14,16,18,20H,1-2,5-6,8-12H2,(H,25,28)/t13?,14?,16?,18-,20+/m0/s1. The van der Waals surface area contributed by atoms with E-state index >= 15 is 0 Å². The van der Waals surface area contributed by atoms with Crippen LogP contribution in [0.15, 0.2) is 18.2 Å². The Hall–Kier alpha value is -2.06. The lowest BCUT2D eigenvalue weighted by molar-refractivity contribution is -0.139. The zero-order valence-corrected chi connectivity index (χ0v) is 18.0. The second-order valence-electron chi connectivity index (χ2n) is 9.09. The van der Waals surface area contributed by atoms with E-state index in [1.165, 1.54) is 12.1 Å². The maximum atomic E-state index is 13.3. The number of carbonyl (C=O) groups excluding carboxylic acids is 2. The zero-order chi connectivity index (χ0) is 21.5. The molecule has 3 saturated heterocycles. The number of hydrogen-bond donors (Lipinski definition) is 1. The van der Waals surface area contributed by atoms with Crippen molar-refractivity contribution in [2.24, 2.45) is 17.8 Å². The molecule has 1 aromatic carbocycles. The summed E-state index contributed by atoms with van der Waals surface area (Å²) in [6.07, 6.45) is 2.90. The van der Waals surface area contributed by atoms with Gasteiger partial charge in [-0.05, 0) is 49.3 Å². The van der Waals surface area contributed by atoms with E-state index in [0.29, 0.717) is 56.3 Å². The van der Waals surface area contributed by atoms with Gasteiger partial charge in [-0.1, -0.05) is 11.6 Å². The molecule has 9 heteroatoms. The first kappa shape index (κ1) is 20.8. The Labute approximate surface area is 185 Å². The van der Waals surface area contributed by atoms with Crippen molar-refractivity contribution in [2.75, 3.05) is 39.4 Å². The molecule has 168 valence electrons. The third-order valence-electron chi connectivity index (χ3n) is 7.22. The average Bonchev–Trinajstić information content (AvgIpc) is 2.99. The normalized spacial score (nSPS) is 32.5. The number of hydrogen-bond acceptors (Lipinski definition) is 4. The molecule has 4 fully saturated rings. The van der Waals surface area contributed by atoms with Gasteiger partial charge in [0.25, 0.3) is 0 Å². The molecule has 3 heterocycles. The van der Waals surface area contributed by atoms with E-state index in [2.05, 4.69) is 5.32 Å². The average molecular weight is 452 g/mol. The highest BCUT2D eigenvalue weighted by Gasteiger charge is 2.45. The number of carbonyl (C=O) groups is 2. The first-order chi connectivity index (χ1) is 15.0. The summed E-state index contributed by atoms with van der Waals surface area (Å²) in [4.78, 5) is 28.7. The molecule has 4 atom stereocenters. The van der Waals surface area contributed by atoms with Gasteiger partial charge in [0.15, 0.2) is 0 Å². The largest absolute Gasteiger partial charge is 0.492 e. The summed E-state index contributed by atoms with van der Waals surface area (Å²) in [6.45, 7) is 3.21. The van der Waals surface area contributed by atoms with Crippen molar-refractivity contribution in [1.29, 1.82) is 0 Å². The van der Waals surface area contributed by atoms with E-state index in [0.717, 1.165) is 19.3 Å². The molecule has 2 unspecified atom stereocenters. The molecule has 2 bridgehead atoms. The van der Waals surface area contributed by atoms with Gasteiger partial charge < -0.3 is 24.6 Å². The number of ether oxygens (including phenoxy) is 2. The lowest BCUT2D eigenvalue weighted by Gasteiger charge is -2.44. The van der Waals surface area contributed by atoms with Crippen LogP contribution >= 0.6 is 11.6 Å². The highest BCUT2D eigenvalue weighted by molar-refractivity contribution is 6.32. The monoisotopic (exact) mass is 451 g/mol. The minimum absolute atomic E-state index is 0.000832. The summed E-state index contributed by atoms with van der Waals surface area (Å²) in [7, 11) is 0. The van der Waals surface area contributed by atoms with Crippen LogP contribution in [0.25, 0.3) is 0 Å². The quantitative estimate of drug-likeness (QED) is 0.766. The first-order valence-corrected chi connectivity index (χ1v) is 11.4. The zero-order valence-electron chi connectivity index (χ0n) is 17.3. The second kappa shape index (κ2) is 8.47. The van der Waals surface area contributed by atoms with Crippen molar-refractivity contribution in [3.63, 3.8) is 0 Å². The van der Waals surface area contributed by atoms with Gasteiger partial charge in [-0.15, -0.1) is 0 Å². The van der Waals surface area contributed by atoms with E-state index in [9.17, 15) is 14.0 Å². The highest BCUT2D eigenvalue weighted by atomic mass is 35.5. The van der Waals surface area contributed by atoms with Crippen LogP contribution in [0.1, 0.15) is 19.3 Å². The van der Waals surface area contributed by atoms with Crippen molar-refractivity contribution >= 4 is 23.5 Å². The van der Waals surface area contributed by atoms with E-state index < -0.39 is 0 Å². The predicted molar refractivity (Wildman–Crippen MR) is 111 cm³/mol. The van der Waals surface area contributed by atoms with Crippen LogP contribution in [0, 0.1) is 23.6 Å². The highest BCUT2D eigenvalue weighted by Crippen LogP contribution is 2.43. The Kier molecular flexibility index (Phi) is 5.69. The van der Waals surface area contributed by atoms with Crippen molar-refractivity contribution in [2.45, 2.75) is 31.4 Å². The number of likely N-dealkylation sites (tertiary alicyclic amines) is 2. The van der Waals surface area contributed by atoms with Crippen molar-refractivity contribution in [3.05, 3.63) is 29.0 Å². The first-order valence-electron chi connectivity index (χ1n) is 11.0. The number of urea groups is 1. The minimum atomic E-state index is -0.382. The Morgan fingerprint density at radius 2 is 1.97 bits per heavy atom. The number of benzene rings is 1. The number of rotatable bonds is 3. The number of nitrogens with one attached hydrogen (secondary N) is 1. The van der Waals surface area contributed by atoms with Gasteiger partial charge in [0.05, 0.1) is 23.8 Å². The summed E-state index contributed by atoms with van der Waals surface area (Å²) in [5.41, 5.74) is 0. The van der Waals surface area contributed by atoms with Gasteiger partial charge in [-0.3, -0.25) is 4.79 Å². The molecule has 1 saturated carbocycles. The number of piperidine rings is 2. The van der Waals surface area contributed by atoms with Gasteiger partial charge in [0.1, 0.15) is 18.2 Å². The molecule has 0 radical (unpaired) electrons. The predicted octanol–water partition coefficient (Wildman–Crippen LogP) is 2.53. The van der Waals surface area contributed by atoms with Crippen LogP contribution in [-0.4, -0.2) is 73.3 Å². The van der Waals surface area contributed by atoms with Crippen LogP contribution in [0.2, 0.25) is 5.02 Å². The molecule has 1 aromatic rings. The molecule has 4 aliphatic rings. The summed E-state index contributed by atoms with van der Waals surface area (Å²) in [6, 6.07) is 4.10. The molecular weight excluding hydrogens is 425 g/mol. The van der Waals surface area contributed by atoms with Gasteiger partial charge in [0.2, 0.25) is 5.91 Å². The fourth-order valence-corrected chi connectivity index (χ4v) is 5.84. The van der Waals surface area contributed by atoms with E-state index in [4.69, 9.17) is 21.1 Å². The molecule has 7 nitrogen and oxygen atoms in total. The maximum Gasteiger partial charge on any atom is 0.320 e. The maximum absolute atomic E-state index is 13.3. The molecule has 0 spiro atoms. The van der Waals surface area contributed by atoms with Crippen LogP contribution in [0.4, 0.5) is 9.18 Å². The molecular formula is C22H27ClFN3O4. The van der Waals surface area contributed by atoms with Gasteiger partial charge >= 0.3 is 6.03 Å². The van der Waals surface area contributed by atoms with E-state index in [1.807, 2.05) is 9.80 Å². The third kappa shape index (κ3) is 4.20. The van der Waals surface area contributed by atoms with Crippen LogP contribution in [0.5, 0.6) is 5.75 Å². The number of nitrogens with zero attached hydrogens (tertiary/aromatic N) is 2. The van der Waals surface area contributed by atoms with Crippen LogP contribution < -0.4 is 10.1 Å². The summed E-state index contributed by atoms with van der Waals surface area (Å²) in [5.74, 6) is 1.14. The smallest absolute Gasteiger partial charge is 0.320 e. The van der Waals surface area contributed by atoms with Gasteiger partial charge in [-0.25, -0.2) is 9.18 Å². The molecule has 31 heavy (non-hydrogen) atoms. The van der Waals surface area contributed by atoms with Crippen molar-refractivity contribution in [3.8, 4) is 5.75 Å². The third-order valence-corrected chi connectivity index (χ3v) is 7.51. The van der Waals surface area contributed by atoms with Crippen LogP contribution in [-0.2, 0) is 9.53 Å². The van der Waals surface area contributed by atoms with E-state index in [-0.39, 0.29) is 41.5 Å². The van der Waals surface area contributed by atoms with Crippen LogP contribution in [0.3, 0.4) is 0 Å². The number of amides is 3. The lowest BCUT2D eigenvalue weighted by Crippen LogP contribution is -2.63. The Morgan fingerprint density at radius 3 is 2.71 bits per heavy atom. The fraction of sp³-hybridized carbons (Fsp3) is 0.636. The number of halogens is 2. The SMILES string of the molecule is O=C1CO[C@@H]2CCN(C(=O)N3CC4CCC(C3)C4COc3ccc(F)cc3Cl)C[C@@H]2N1. The van der Waals surface area contributed by atoms with E-state index in [1.54, 1.807) is 6.07 Å². The topological polar surface area (TPSA) is 71.1 Å². The van der Waals surface area contributed by atoms with Gasteiger partial charge in [-0.2, -0.15) is 0 Å². The molecule has 1 N–H and O–H groups in total. The number of morpholine rings is 1. The summed E-state index contributed by atoms with van der Waals surface area (Å²) < 4.78 is 24.8. The Bertz CT molecular complexity index is 857.